The highest BCUT2D eigenvalue weighted by Crippen LogP contribution is 2.35. The van der Waals surface area contributed by atoms with Gasteiger partial charge < -0.3 is 19.6 Å². The summed E-state index contributed by atoms with van der Waals surface area (Å²) in [6.07, 6.45) is 3.08. The van der Waals surface area contributed by atoms with E-state index in [-0.39, 0.29) is 11.8 Å². The third-order valence-corrected chi connectivity index (χ3v) is 6.02. The molecule has 3 aliphatic rings. The number of carbonyl (C=O) groups excluding carboxylic acids is 1. The maximum absolute atomic E-state index is 12.4. The molecule has 4 rings (SSSR count). The third-order valence-electron chi connectivity index (χ3n) is 6.02. The molecular formula is C20H27F3N2O5. The summed E-state index contributed by atoms with van der Waals surface area (Å²) in [7, 11) is 0. The van der Waals surface area contributed by atoms with Gasteiger partial charge in [0.2, 0.25) is 5.91 Å². The number of furan rings is 1. The molecular weight excluding hydrogens is 405 g/mol. The highest BCUT2D eigenvalue weighted by atomic mass is 19.4. The molecule has 7 nitrogen and oxygen atoms in total. The quantitative estimate of drug-likeness (QED) is 0.760. The number of carboxylic acids is 1. The second-order valence-electron chi connectivity index (χ2n) is 8.03. The Morgan fingerprint density at radius 2 is 2.00 bits per heavy atom. The van der Waals surface area contributed by atoms with Crippen LogP contribution in [-0.4, -0.2) is 59.9 Å². The average molecular weight is 432 g/mol. The van der Waals surface area contributed by atoms with Crippen molar-refractivity contribution in [1.82, 2.24) is 10.2 Å². The van der Waals surface area contributed by atoms with E-state index in [4.69, 9.17) is 19.1 Å². The van der Waals surface area contributed by atoms with Crippen LogP contribution < -0.4 is 5.32 Å². The second kappa shape index (κ2) is 9.82. The number of nitrogens with zero attached hydrogens (tertiary/aromatic N) is 1. The number of aliphatic carboxylic acids is 1. The molecule has 0 spiro atoms. The maximum atomic E-state index is 12.4. The summed E-state index contributed by atoms with van der Waals surface area (Å²) < 4.78 is 43.0. The van der Waals surface area contributed by atoms with Gasteiger partial charge in [-0.25, -0.2) is 4.79 Å². The van der Waals surface area contributed by atoms with Crippen LogP contribution in [0.5, 0.6) is 0 Å². The molecule has 2 N–H and O–H groups in total. The van der Waals surface area contributed by atoms with Gasteiger partial charge in [0.15, 0.2) is 0 Å². The van der Waals surface area contributed by atoms with Crippen molar-refractivity contribution in [2.24, 2.45) is 11.8 Å². The summed E-state index contributed by atoms with van der Waals surface area (Å²) in [5, 5.41) is 10.1. The van der Waals surface area contributed by atoms with Gasteiger partial charge >= 0.3 is 12.1 Å². The van der Waals surface area contributed by atoms with Crippen LogP contribution in [0.15, 0.2) is 22.8 Å². The number of alkyl halides is 3. The number of likely N-dealkylation sites (tertiary alicyclic amines) is 1. The summed E-state index contributed by atoms with van der Waals surface area (Å²) in [4.78, 5) is 23.9. The summed E-state index contributed by atoms with van der Waals surface area (Å²) in [6.45, 7) is 3.30. The first-order chi connectivity index (χ1) is 14.2. The minimum Gasteiger partial charge on any atom is -0.475 e. The Labute approximate surface area is 172 Å². The summed E-state index contributed by atoms with van der Waals surface area (Å²) in [6, 6.07) is 4.52. The Bertz CT molecular complexity index is 706. The normalized spacial score (nSPS) is 27.2. The Kier molecular flexibility index (Phi) is 7.41. The molecule has 1 aliphatic carbocycles. The number of piperidine rings is 1. The lowest BCUT2D eigenvalue weighted by Crippen LogP contribution is -2.54. The monoisotopic (exact) mass is 432 g/mol. The van der Waals surface area contributed by atoms with Gasteiger partial charge in [-0.05, 0) is 43.7 Å². The van der Waals surface area contributed by atoms with Gasteiger partial charge in [-0.2, -0.15) is 13.2 Å². The van der Waals surface area contributed by atoms with Gasteiger partial charge in [0.05, 0.1) is 31.4 Å². The van der Waals surface area contributed by atoms with Crippen LogP contribution >= 0.6 is 0 Å². The number of carbonyl (C=O) groups is 2. The van der Waals surface area contributed by atoms with Crippen molar-refractivity contribution >= 4 is 11.9 Å². The lowest BCUT2D eigenvalue weighted by atomic mass is 9.81. The maximum Gasteiger partial charge on any atom is 0.490 e. The van der Waals surface area contributed by atoms with Crippen LogP contribution in [0, 0.1) is 11.8 Å². The average Bonchev–Trinajstić information content (AvgIpc) is 3.17. The van der Waals surface area contributed by atoms with Crippen molar-refractivity contribution in [2.75, 3.05) is 19.7 Å². The number of hydrogen-bond acceptors (Lipinski definition) is 5. The molecule has 0 bridgehead atoms. The lowest BCUT2D eigenvalue weighted by Gasteiger charge is -2.47. The van der Waals surface area contributed by atoms with E-state index in [0.717, 1.165) is 31.2 Å². The van der Waals surface area contributed by atoms with Crippen LogP contribution in [0.25, 0.3) is 0 Å². The molecule has 10 heteroatoms. The highest BCUT2D eigenvalue weighted by Gasteiger charge is 2.40. The fraction of sp³-hybridized carbons (Fsp3) is 0.700. The van der Waals surface area contributed by atoms with Crippen LogP contribution in [-0.2, 0) is 20.9 Å². The first-order valence-electron chi connectivity index (χ1n) is 10.2. The van der Waals surface area contributed by atoms with E-state index in [2.05, 4.69) is 10.2 Å². The zero-order valence-corrected chi connectivity index (χ0v) is 16.6. The number of rotatable bonds is 4. The zero-order chi connectivity index (χ0) is 21.7. The molecule has 3 heterocycles. The molecule has 1 saturated carbocycles. The number of fused-ring (bicyclic) bond motifs is 1. The number of hydrogen-bond donors (Lipinski definition) is 2. The van der Waals surface area contributed by atoms with Crippen molar-refractivity contribution in [3.63, 3.8) is 0 Å². The molecule has 30 heavy (non-hydrogen) atoms. The fourth-order valence-electron chi connectivity index (χ4n) is 4.16. The Morgan fingerprint density at radius 1 is 1.27 bits per heavy atom. The number of halogens is 3. The van der Waals surface area contributed by atoms with Crippen molar-refractivity contribution < 1.29 is 37.0 Å². The summed E-state index contributed by atoms with van der Waals surface area (Å²) >= 11 is 0. The van der Waals surface area contributed by atoms with Crippen LogP contribution in [0.2, 0.25) is 0 Å². The third kappa shape index (κ3) is 5.98. The minimum absolute atomic E-state index is 0.0208. The SMILES string of the molecule is O=C(NCc1ccco1)[C@H]1CO[C@H]2CCN(C3CCC3)C[C@H]2C1.O=C(O)C(F)(F)F. The van der Waals surface area contributed by atoms with E-state index in [9.17, 15) is 18.0 Å². The van der Waals surface area contributed by atoms with Gasteiger partial charge in [-0.15, -0.1) is 0 Å². The molecule has 0 radical (unpaired) electrons. The van der Waals surface area contributed by atoms with E-state index in [1.807, 2.05) is 12.1 Å². The van der Waals surface area contributed by atoms with Gasteiger partial charge in [0.1, 0.15) is 5.76 Å². The van der Waals surface area contributed by atoms with Gasteiger partial charge in [0.25, 0.3) is 0 Å². The van der Waals surface area contributed by atoms with Crippen molar-refractivity contribution in [1.29, 1.82) is 0 Å². The minimum atomic E-state index is -5.08. The number of ether oxygens (including phenoxy) is 1. The highest BCUT2D eigenvalue weighted by molar-refractivity contribution is 5.78. The van der Waals surface area contributed by atoms with Crippen LogP contribution in [0.1, 0.15) is 37.9 Å². The molecule has 1 aromatic heterocycles. The van der Waals surface area contributed by atoms with Gasteiger partial charge in [-0.3, -0.25) is 9.69 Å². The standard InChI is InChI=1S/C18H26N2O3.C2HF3O2/c21-18(19-10-16-5-2-8-22-16)14-9-13-11-20(15-3-1-4-15)7-6-17(13)23-12-14;3-2(4,5)1(6)7/h2,5,8,13-15,17H,1,3-4,6-7,9-12H2,(H,19,21);(H,6,7)/t13-,14-,17+;/m1./s1. The van der Waals surface area contributed by atoms with Crippen molar-refractivity contribution in [3.05, 3.63) is 24.2 Å². The van der Waals surface area contributed by atoms with E-state index in [1.165, 1.54) is 25.8 Å². The molecule has 1 amide bonds. The summed E-state index contributed by atoms with van der Waals surface area (Å²) in [5.41, 5.74) is 0. The van der Waals surface area contributed by atoms with Crippen molar-refractivity contribution in [3.8, 4) is 0 Å². The molecule has 2 saturated heterocycles. The van der Waals surface area contributed by atoms with E-state index >= 15 is 0 Å². The molecule has 1 aromatic rings. The molecule has 3 atom stereocenters. The number of carboxylic acid groups (broad SMARTS) is 1. The first kappa shape index (κ1) is 22.6. The number of nitrogens with one attached hydrogen (secondary N) is 1. The van der Waals surface area contributed by atoms with Crippen LogP contribution in [0.4, 0.5) is 13.2 Å². The van der Waals surface area contributed by atoms with E-state index < -0.39 is 12.1 Å². The second-order valence-corrected chi connectivity index (χ2v) is 8.03. The summed E-state index contributed by atoms with van der Waals surface area (Å²) in [5.74, 6) is -1.38. The van der Waals surface area contributed by atoms with Crippen LogP contribution in [0.3, 0.4) is 0 Å². The Hall–Kier alpha value is -2.07. The van der Waals surface area contributed by atoms with Gasteiger partial charge in [-0.1, -0.05) is 6.42 Å². The Balaban J connectivity index is 0.000000318. The topological polar surface area (TPSA) is 92.0 Å². The first-order valence-corrected chi connectivity index (χ1v) is 10.2. The predicted octanol–water partition coefficient (Wildman–Crippen LogP) is 2.81. The largest absolute Gasteiger partial charge is 0.490 e. The van der Waals surface area contributed by atoms with E-state index in [1.54, 1.807) is 6.26 Å². The molecule has 3 fully saturated rings. The Morgan fingerprint density at radius 3 is 2.57 bits per heavy atom. The van der Waals surface area contributed by atoms with Gasteiger partial charge in [0, 0.05) is 19.1 Å². The number of amides is 1. The van der Waals surface area contributed by atoms with E-state index in [0.29, 0.717) is 25.2 Å². The fourth-order valence-corrected chi connectivity index (χ4v) is 4.16. The molecule has 168 valence electrons. The molecule has 0 unspecified atom stereocenters. The van der Waals surface area contributed by atoms with Crippen molar-refractivity contribution in [2.45, 2.75) is 57.0 Å². The molecule has 0 aromatic carbocycles. The smallest absolute Gasteiger partial charge is 0.475 e. The lowest BCUT2D eigenvalue weighted by molar-refractivity contribution is -0.192. The molecule has 2 aliphatic heterocycles. The predicted molar refractivity (Wildman–Crippen MR) is 99.4 cm³/mol. The zero-order valence-electron chi connectivity index (χ0n) is 16.6.